The van der Waals surface area contributed by atoms with Crippen molar-refractivity contribution in [2.24, 2.45) is 0 Å². The zero-order chi connectivity index (χ0) is 6.69. The number of likely N-dealkylation sites (N-methyl/N-ethyl adjacent to an activating group) is 1. The van der Waals surface area contributed by atoms with Crippen LogP contribution in [0.5, 0.6) is 0 Å². The van der Waals surface area contributed by atoms with Crippen molar-refractivity contribution in [1.29, 1.82) is 0 Å². The smallest absolute Gasteiger partial charge is 0.236 e. The van der Waals surface area contributed by atoms with Crippen LogP contribution in [0.15, 0.2) is 0 Å². The van der Waals surface area contributed by atoms with Gasteiger partial charge in [0.05, 0.1) is 6.04 Å². The van der Waals surface area contributed by atoms with E-state index in [9.17, 15) is 4.79 Å². The van der Waals surface area contributed by atoms with Gasteiger partial charge in [-0.15, -0.1) is 0 Å². The van der Waals surface area contributed by atoms with E-state index in [1.807, 2.05) is 0 Å². The molecular weight excluding hydrogens is 116 g/mol. The standard InChI is InChI=1S/C6H12N2O.2H2/c1-7-6(9)5-3-2-4-8-5;;/h5,8H,2-4H2,1H3,(H,7,9);2*1H. The molecule has 0 saturated carbocycles. The van der Waals surface area contributed by atoms with Crippen LogP contribution in [0.1, 0.15) is 15.7 Å². The van der Waals surface area contributed by atoms with E-state index >= 15 is 0 Å². The minimum atomic E-state index is 0. The number of hydrogen-bond acceptors (Lipinski definition) is 2. The maximum absolute atomic E-state index is 10.8. The molecule has 0 radical (unpaired) electrons. The van der Waals surface area contributed by atoms with Gasteiger partial charge in [0.25, 0.3) is 0 Å². The van der Waals surface area contributed by atoms with Crippen LogP contribution in [0.4, 0.5) is 0 Å². The zero-order valence-corrected chi connectivity index (χ0v) is 5.61. The van der Waals surface area contributed by atoms with Crippen LogP contribution in [0.3, 0.4) is 0 Å². The Labute approximate surface area is 57.8 Å². The largest absolute Gasteiger partial charge is 0.358 e. The molecule has 1 rings (SSSR count). The number of hydrogen-bond donors (Lipinski definition) is 2. The molecule has 0 bridgehead atoms. The van der Waals surface area contributed by atoms with Crippen LogP contribution in [0.25, 0.3) is 0 Å². The Hall–Kier alpha value is -0.570. The Morgan fingerprint density at radius 3 is 3.11 bits per heavy atom. The molecule has 3 nitrogen and oxygen atoms in total. The maximum Gasteiger partial charge on any atom is 0.236 e. The van der Waals surface area contributed by atoms with Crippen LogP contribution in [-0.2, 0) is 4.79 Å². The second kappa shape index (κ2) is 2.82. The fourth-order valence-electron chi connectivity index (χ4n) is 1.08. The first-order valence-electron chi connectivity index (χ1n) is 3.29. The Kier molecular flexibility index (Phi) is 2.05. The lowest BCUT2D eigenvalue weighted by atomic mass is 10.2. The Balaban J connectivity index is 0. The van der Waals surface area contributed by atoms with Crippen molar-refractivity contribution >= 4 is 5.91 Å². The molecule has 0 aromatic carbocycles. The molecule has 1 heterocycles. The van der Waals surface area contributed by atoms with Crippen molar-refractivity contribution in [2.45, 2.75) is 18.9 Å². The van der Waals surface area contributed by atoms with Crippen LogP contribution >= 0.6 is 0 Å². The third kappa shape index (κ3) is 1.42. The van der Waals surface area contributed by atoms with Gasteiger partial charge in [-0.05, 0) is 19.4 Å². The first-order valence-corrected chi connectivity index (χ1v) is 3.29. The van der Waals surface area contributed by atoms with E-state index < -0.39 is 0 Å². The predicted octanol–water partition coefficient (Wildman–Crippen LogP) is -0.0236. The predicted molar refractivity (Wildman–Crippen MR) is 39.3 cm³/mol. The van der Waals surface area contributed by atoms with E-state index in [1.165, 1.54) is 0 Å². The Bertz CT molecular complexity index is 115. The van der Waals surface area contributed by atoms with Crippen molar-refractivity contribution in [3.05, 3.63) is 0 Å². The van der Waals surface area contributed by atoms with Gasteiger partial charge in [-0.3, -0.25) is 4.79 Å². The quantitative estimate of drug-likeness (QED) is 0.526. The summed E-state index contributed by atoms with van der Waals surface area (Å²) in [6, 6.07) is 0.0787. The van der Waals surface area contributed by atoms with Crippen LogP contribution in [0, 0.1) is 0 Å². The van der Waals surface area contributed by atoms with Gasteiger partial charge in [-0.1, -0.05) is 0 Å². The normalized spacial score (nSPS) is 26.1. The molecule has 0 aromatic rings. The van der Waals surface area contributed by atoms with Crippen molar-refractivity contribution < 1.29 is 7.65 Å². The monoisotopic (exact) mass is 132 g/mol. The fraction of sp³-hybridized carbons (Fsp3) is 0.833. The first kappa shape index (κ1) is 6.55. The summed E-state index contributed by atoms with van der Waals surface area (Å²) >= 11 is 0. The van der Waals surface area contributed by atoms with Gasteiger partial charge in [0, 0.05) is 9.90 Å². The molecule has 0 spiro atoms. The third-order valence-corrected chi connectivity index (χ3v) is 1.62. The Morgan fingerprint density at radius 2 is 2.67 bits per heavy atom. The van der Waals surface area contributed by atoms with Crippen molar-refractivity contribution in [3.63, 3.8) is 0 Å². The average Bonchev–Trinajstić information content (AvgIpc) is 2.37. The number of carbonyl (C=O) groups is 1. The maximum atomic E-state index is 10.8. The molecule has 0 aromatic heterocycles. The minimum Gasteiger partial charge on any atom is -0.358 e. The highest BCUT2D eigenvalue weighted by Gasteiger charge is 2.19. The van der Waals surface area contributed by atoms with Gasteiger partial charge < -0.3 is 10.6 Å². The van der Waals surface area contributed by atoms with E-state index in [1.54, 1.807) is 7.05 Å². The van der Waals surface area contributed by atoms with E-state index in [0.29, 0.717) is 0 Å². The summed E-state index contributed by atoms with van der Waals surface area (Å²) in [5.74, 6) is 0.118. The number of nitrogens with one attached hydrogen (secondary N) is 2. The molecular formula is C6H16N2O. The van der Waals surface area contributed by atoms with Gasteiger partial charge in [-0.25, -0.2) is 0 Å². The lowest BCUT2D eigenvalue weighted by Gasteiger charge is -2.05. The highest BCUT2D eigenvalue weighted by Crippen LogP contribution is 2.03. The van der Waals surface area contributed by atoms with Crippen molar-refractivity contribution in [2.75, 3.05) is 13.6 Å². The summed E-state index contributed by atoms with van der Waals surface area (Å²) in [4.78, 5) is 10.8. The van der Waals surface area contributed by atoms with E-state index in [2.05, 4.69) is 10.6 Å². The van der Waals surface area contributed by atoms with Gasteiger partial charge in [-0.2, -0.15) is 0 Å². The molecule has 1 unspecified atom stereocenters. The first-order chi connectivity index (χ1) is 4.34. The zero-order valence-electron chi connectivity index (χ0n) is 5.61. The summed E-state index contributed by atoms with van der Waals surface area (Å²) in [5, 5.41) is 5.70. The summed E-state index contributed by atoms with van der Waals surface area (Å²) in [5.41, 5.74) is 0. The summed E-state index contributed by atoms with van der Waals surface area (Å²) in [7, 11) is 1.67. The SMILES string of the molecule is CNC(=O)C1CCCN1.[HH].[HH]. The average molecular weight is 132 g/mol. The van der Waals surface area contributed by atoms with Gasteiger partial charge in [0.15, 0.2) is 0 Å². The van der Waals surface area contributed by atoms with Crippen LogP contribution < -0.4 is 10.6 Å². The number of carbonyl (C=O) groups excluding carboxylic acids is 1. The summed E-state index contributed by atoms with van der Waals surface area (Å²) < 4.78 is 0. The fourth-order valence-corrected chi connectivity index (χ4v) is 1.08. The second-order valence-electron chi connectivity index (χ2n) is 2.26. The molecule has 1 aliphatic heterocycles. The topological polar surface area (TPSA) is 41.1 Å². The van der Waals surface area contributed by atoms with Crippen LogP contribution in [0.2, 0.25) is 0 Å². The molecule has 1 fully saturated rings. The molecule has 56 valence electrons. The van der Waals surface area contributed by atoms with Gasteiger partial charge >= 0.3 is 0 Å². The molecule has 1 aliphatic rings. The minimum absolute atomic E-state index is 0. The number of amides is 1. The molecule has 2 N–H and O–H groups in total. The van der Waals surface area contributed by atoms with Crippen molar-refractivity contribution in [3.8, 4) is 0 Å². The highest BCUT2D eigenvalue weighted by molar-refractivity contribution is 5.81. The van der Waals surface area contributed by atoms with Crippen LogP contribution in [-0.4, -0.2) is 25.5 Å². The molecule has 1 atom stereocenters. The Morgan fingerprint density at radius 1 is 1.89 bits per heavy atom. The highest BCUT2D eigenvalue weighted by atomic mass is 16.2. The van der Waals surface area contributed by atoms with Gasteiger partial charge in [0.1, 0.15) is 0 Å². The second-order valence-corrected chi connectivity index (χ2v) is 2.26. The lowest BCUT2D eigenvalue weighted by Crippen LogP contribution is -2.38. The summed E-state index contributed by atoms with van der Waals surface area (Å²) in [6.07, 6.45) is 2.11. The number of rotatable bonds is 1. The molecule has 0 aliphatic carbocycles. The van der Waals surface area contributed by atoms with E-state index in [0.717, 1.165) is 19.4 Å². The third-order valence-electron chi connectivity index (χ3n) is 1.62. The molecule has 1 amide bonds. The summed E-state index contributed by atoms with van der Waals surface area (Å²) in [6.45, 7) is 0.984. The van der Waals surface area contributed by atoms with Gasteiger partial charge in [0.2, 0.25) is 5.91 Å². The van der Waals surface area contributed by atoms with E-state index in [4.69, 9.17) is 0 Å². The molecule has 3 heteroatoms. The molecule has 1 saturated heterocycles. The lowest BCUT2D eigenvalue weighted by molar-refractivity contribution is -0.122. The van der Waals surface area contributed by atoms with E-state index in [-0.39, 0.29) is 14.8 Å². The molecule has 9 heavy (non-hydrogen) atoms. The van der Waals surface area contributed by atoms with Crippen molar-refractivity contribution in [1.82, 2.24) is 10.6 Å².